The molecule has 0 aliphatic heterocycles. The molecule has 29 heavy (non-hydrogen) atoms. The molecule has 1 amide bonds. The van der Waals surface area contributed by atoms with Gasteiger partial charge in [0.2, 0.25) is 0 Å². The molecule has 0 atom stereocenters. The van der Waals surface area contributed by atoms with Crippen LogP contribution in [0.3, 0.4) is 0 Å². The van der Waals surface area contributed by atoms with E-state index in [1.165, 1.54) is 38.5 Å². The minimum atomic E-state index is -0.00318. The van der Waals surface area contributed by atoms with Crippen molar-refractivity contribution in [2.75, 3.05) is 20.8 Å². The first-order chi connectivity index (χ1) is 14.2. The molecule has 0 N–H and O–H groups in total. The van der Waals surface area contributed by atoms with Crippen LogP contribution in [0.5, 0.6) is 11.5 Å². The van der Waals surface area contributed by atoms with Crippen molar-refractivity contribution >= 4 is 12.1 Å². The highest BCUT2D eigenvalue weighted by molar-refractivity contribution is 5.81. The van der Waals surface area contributed by atoms with Crippen molar-refractivity contribution in [1.29, 1.82) is 0 Å². The fourth-order valence-corrected chi connectivity index (χ4v) is 4.62. The number of carbonyl (C=O) groups excluding carboxylic acids is 1. The number of hydrogen-bond donors (Lipinski definition) is 0. The molecule has 2 aliphatic carbocycles. The fraction of sp³-hybridized carbons (Fsp3) is 0.652. The predicted molar refractivity (Wildman–Crippen MR) is 114 cm³/mol. The minimum Gasteiger partial charge on any atom is -0.493 e. The van der Waals surface area contributed by atoms with Crippen LogP contribution in [0.25, 0.3) is 0 Å². The minimum absolute atomic E-state index is 0.00318. The maximum absolute atomic E-state index is 13.0. The Kier molecular flexibility index (Phi) is 8.20. The smallest absolute Gasteiger partial charge is 0.263 e. The van der Waals surface area contributed by atoms with Gasteiger partial charge in [0, 0.05) is 17.6 Å². The summed E-state index contributed by atoms with van der Waals surface area (Å²) in [5.74, 6) is 1.37. The van der Waals surface area contributed by atoms with Crippen LogP contribution in [-0.4, -0.2) is 49.9 Å². The number of ether oxygens (including phenoxy) is 2. The van der Waals surface area contributed by atoms with Crippen molar-refractivity contribution in [2.24, 2.45) is 5.16 Å². The van der Waals surface area contributed by atoms with Crippen LogP contribution in [0.1, 0.15) is 69.8 Å². The van der Waals surface area contributed by atoms with E-state index >= 15 is 0 Å². The molecule has 0 saturated heterocycles. The van der Waals surface area contributed by atoms with Gasteiger partial charge in [0.15, 0.2) is 18.1 Å². The molecule has 2 saturated carbocycles. The Bertz CT molecular complexity index is 661. The summed E-state index contributed by atoms with van der Waals surface area (Å²) in [4.78, 5) is 20.6. The number of amides is 1. The Morgan fingerprint density at radius 1 is 0.966 bits per heavy atom. The number of rotatable bonds is 8. The topological polar surface area (TPSA) is 60.4 Å². The largest absolute Gasteiger partial charge is 0.493 e. The first kappa shape index (κ1) is 21.5. The first-order valence-corrected chi connectivity index (χ1v) is 10.9. The summed E-state index contributed by atoms with van der Waals surface area (Å²) in [6.07, 6.45) is 13.5. The predicted octanol–water partition coefficient (Wildman–Crippen LogP) is 4.55. The van der Waals surface area contributed by atoms with Crippen molar-refractivity contribution in [3.05, 3.63) is 23.8 Å². The Morgan fingerprint density at radius 3 is 2.10 bits per heavy atom. The molecule has 0 radical (unpaired) electrons. The lowest BCUT2D eigenvalue weighted by atomic mass is 9.88. The van der Waals surface area contributed by atoms with E-state index in [0.29, 0.717) is 23.6 Å². The van der Waals surface area contributed by atoms with E-state index in [4.69, 9.17) is 14.3 Å². The number of nitrogens with zero attached hydrogens (tertiary/aromatic N) is 2. The van der Waals surface area contributed by atoms with E-state index in [-0.39, 0.29) is 12.5 Å². The summed E-state index contributed by atoms with van der Waals surface area (Å²) in [7, 11) is 3.20. The zero-order chi connectivity index (χ0) is 20.5. The number of carbonyl (C=O) groups is 1. The molecular weight excluding hydrogens is 368 g/mol. The molecule has 6 nitrogen and oxygen atoms in total. The van der Waals surface area contributed by atoms with Crippen LogP contribution < -0.4 is 9.47 Å². The third-order valence-corrected chi connectivity index (χ3v) is 6.10. The van der Waals surface area contributed by atoms with Gasteiger partial charge in [-0.1, -0.05) is 43.7 Å². The van der Waals surface area contributed by atoms with E-state index in [2.05, 4.69) is 10.1 Å². The van der Waals surface area contributed by atoms with Crippen molar-refractivity contribution in [3.8, 4) is 11.5 Å². The highest BCUT2D eigenvalue weighted by atomic mass is 16.6. The van der Waals surface area contributed by atoms with Gasteiger partial charge in [-0.05, 0) is 43.9 Å². The van der Waals surface area contributed by atoms with Crippen LogP contribution in [-0.2, 0) is 9.63 Å². The number of oxime groups is 1. The average molecular weight is 403 g/mol. The van der Waals surface area contributed by atoms with Gasteiger partial charge in [-0.3, -0.25) is 4.79 Å². The number of hydrogen-bond acceptors (Lipinski definition) is 5. The summed E-state index contributed by atoms with van der Waals surface area (Å²) >= 11 is 0. The Hall–Kier alpha value is -2.24. The summed E-state index contributed by atoms with van der Waals surface area (Å²) in [5.41, 5.74) is 0.825. The molecule has 3 rings (SSSR count). The van der Waals surface area contributed by atoms with E-state index in [0.717, 1.165) is 31.2 Å². The first-order valence-electron chi connectivity index (χ1n) is 10.9. The van der Waals surface area contributed by atoms with Gasteiger partial charge in [-0.2, -0.15) is 0 Å². The summed E-state index contributed by atoms with van der Waals surface area (Å²) in [5, 5.41) is 4.02. The molecule has 2 fully saturated rings. The van der Waals surface area contributed by atoms with Crippen LogP contribution in [0.2, 0.25) is 0 Å². The van der Waals surface area contributed by atoms with Crippen molar-refractivity contribution in [3.63, 3.8) is 0 Å². The van der Waals surface area contributed by atoms with Gasteiger partial charge in [-0.25, -0.2) is 0 Å². The van der Waals surface area contributed by atoms with Crippen LogP contribution in [0.4, 0.5) is 0 Å². The van der Waals surface area contributed by atoms with Gasteiger partial charge >= 0.3 is 0 Å². The van der Waals surface area contributed by atoms with Crippen LogP contribution in [0, 0.1) is 0 Å². The molecular formula is C23H34N2O4. The Balaban J connectivity index is 1.58. The molecule has 0 aromatic heterocycles. The van der Waals surface area contributed by atoms with Gasteiger partial charge in [0.05, 0.1) is 20.4 Å². The molecule has 0 spiro atoms. The second-order valence-electron chi connectivity index (χ2n) is 8.01. The molecule has 0 unspecified atom stereocenters. The molecule has 0 heterocycles. The second-order valence-corrected chi connectivity index (χ2v) is 8.01. The van der Waals surface area contributed by atoms with Crippen molar-refractivity contribution < 1.29 is 19.1 Å². The standard InChI is InChI=1S/C23H34N2O4/c1-27-21-14-13-18(15-22(21)28-2)16-24-29-17-23(26)25(19-9-5-3-6-10-19)20-11-7-4-8-12-20/h13-16,19-20H,3-12,17H2,1-2H3. The van der Waals surface area contributed by atoms with E-state index in [1.54, 1.807) is 20.4 Å². The normalized spacial score (nSPS) is 18.6. The highest BCUT2D eigenvalue weighted by Gasteiger charge is 2.32. The molecule has 160 valence electrons. The number of methoxy groups -OCH3 is 2. The Morgan fingerprint density at radius 2 is 1.55 bits per heavy atom. The van der Waals surface area contributed by atoms with E-state index < -0.39 is 0 Å². The average Bonchev–Trinajstić information content (AvgIpc) is 2.78. The molecule has 0 bridgehead atoms. The lowest BCUT2D eigenvalue weighted by Gasteiger charge is -2.41. The van der Waals surface area contributed by atoms with Crippen molar-refractivity contribution in [2.45, 2.75) is 76.3 Å². The third-order valence-electron chi connectivity index (χ3n) is 6.10. The van der Waals surface area contributed by atoms with Crippen LogP contribution in [0.15, 0.2) is 23.4 Å². The van der Waals surface area contributed by atoms with E-state index in [1.807, 2.05) is 18.2 Å². The van der Waals surface area contributed by atoms with Gasteiger partial charge in [0.1, 0.15) is 0 Å². The molecule has 6 heteroatoms. The fourth-order valence-electron chi connectivity index (χ4n) is 4.62. The highest BCUT2D eigenvalue weighted by Crippen LogP contribution is 2.30. The zero-order valence-corrected chi connectivity index (χ0v) is 17.8. The maximum Gasteiger partial charge on any atom is 0.263 e. The SMILES string of the molecule is COc1ccc(C=NOCC(=O)N(C2CCCCC2)C2CCCCC2)cc1OC. The Labute approximate surface area is 174 Å². The van der Waals surface area contributed by atoms with Crippen LogP contribution >= 0.6 is 0 Å². The van der Waals surface area contributed by atoms with Gasteiger partial charge in [0.25, 0.3) is 5.91 Å². The second kappa shape index (κ2) is 11.1. The van der Waals surface area contributed by atoms with Gasteiger partial charge in [-0.15, -0.1) is 0 Å². The molecule has 1 aromatic carbocycles. The monoisotopic (exact) mass is 402 g/mol. The summed E-state index contributed by atoms with van der Waals surface area (Å²) < 4.78 is 10.5. The molecule has 2 aliphatic rings. The third kappa shape index (κ3) is 5.87. The maximum atomic E-state index is 13.0. The summed E-state index contributed by atoms with van der Waals surface area (Å²) in [6.45, 7) is -0.00318. The zero-order valence-electron chi connectivity index (χ0n) is 17.8. The van der Waals surface area contributed by atoms with Gasteiger partial charge < -0.3 is 19.2 Å². The quantitative estimate of drug-likeness (QED) is 0.473. The lowest BCUT2D eigenvalue weighted by molar-refractivity contribution is -0.143. The van der Waals surface area contributed by atoms with Crippen molar-refractivity contribution in [1.82, 2.24) is 4.90 Å². The molecule has 1 aromatic rings. The van der Waals surface area contributed by atoms with E-state index in [9.17, 15) is 4.79 Å². The lowest BCUT2D eigenvalue weighted by Crippen LogP contribution is -2.50. The summed E-state index contributed by atoms with van der Waals surface area (Å²) in [6, 6.07) is 6.26. The number of benzene rings is 1.